The number of carbonyl (C=O) groups is 2. The molecule has 0 aliphatic rings. The molecule has 3 aromatic rings. The highest BCUT2D eigenvalue weighted by Crippen LogP contribution is 2.35. The third-order valence-electron chi connectivity index (χ3n) is 5.60. The minimum Gasteiger partial charge on any atom is -0.483 e. The topological polar surface area (TPSA) is 67.4 Å². The standard InChI is InChI=1S/C29H32ClFN2O3/c1-28(2,3)19-10-13-25(22(15-19)29(4,5)6)36-17-26(34)32-20-9-7-8-18(14-20)27(35)33-21-11-12-24(31)23(30)16-21/h7-16H,17H2,1-6H3,(H,32,34)(H,33,35). The van der Waals surface area contributed by atoms with Crippen LogP contribution in [0.25, 0.3) is 0 Å². The van der Waals surface area contributed by atoms with Crippen LogP contribution < -0.4 is 15.4 Å². The summed E-state index contributed by atoms with van der Waals surface area (Å²) in [6.07, 6.45) is 0. The molecule has 5 nitrogen and oxygen atoms in total. The van der Waals surface area contributed by atoms with Crippen LogP contribution in [0.1, 0.15) is 63.0 Å². The van der Waals surface area contributed by atoms with E-state index in [2.05, 4.69) is 58.2 Å². The van der Waals surface area contributed by atoms with Crippen molar-refractivity contribution in [2.75, 3.05) is 17.2 Å². The Labute approximate surface area is 217 Å². The lowest BCUT2D eigenvalue weighted by Crippen LogP contribution is -2.23. The number of halogens is 2. The number of carbonyl (C=O) groups excluding carboxylic acids is 2. The molecule has 0 heterocycles. The lowest BCUT2D eigenvalue weighted by molar-refractivity contribution is -0.118. The molecular formula is C29H32ClFN2O3. The van der Waals surface area contributed by atoms with Crippen molar-refractivity contribution in [3.63, 3.8) is 0 Å². The molecule has 3 rings (SSSR count). The van der Waals surface area contributed by atoms with Crippen LogP contribution in [0.15, 0.2) is 60.7 Å². The van der Waals surface area contributed by atoms with E-state index < -0.39 is 11.7 Å². The van der Waals surface area contributed by atoms with Gasteiger partial charge in [-0.3, -0.25) is 9.59 Å². The first-order valence-corrected chi connectivity index (χ1v) is 12.1. The highest BCUT2D eigenvalue weighted by Gasteiger charge is 2.23. The molecule has 0 unspecified atom stereocenters. The highest BCUT2D eigenvalue weighted by atomic mass is 35.5. The van der Waals surface area contributed by atoms with Gasteiger partial charge in [-0.25, -0.2) is 4.39 Å². The first-order chi connectivity index (χ1) is 16.7. The minimum absolute atomic E-state index is 0.00379. The average molecular weight is 511 g/mol. The van der Waals surface area contributed by atoms with Crippen LogP contribution in [0.5, 0.6) is 5.75 Å². The van der Waals surface area contributed by atoms with Crippen LogP contribution in [0.2, 0.25) is 5.02 Å². The Morgan fingerprint density at radius 1 is 0.861 bits per heavy atom. The zero-order chi connectivity index (χ0) is 26.7. The van der Waals surface area contributed by atoms with Crippen LogP contribution in [0, 0.1) is 5.82 Å². The first kappa shape index (κ1) is 27.2. The fourth-order valence-corrected chi connectivity index (χ4v) is 3.74. The molecule has 0 aliphatic heterocycles. The quantitative estimate of drug-likeness (QED) is 0.364. The van der Waals surface area contributed by atoms with Crippen molar-refractivity contribution in [2.45, 2.75) is 52.4 Å². The molecule has 0 spiro atoms. The van der Waals surface area contributed by atoms with Gasteiger partial charge in [-0.05, 0) is 64.4 Å². The number of nitrogens with one attached hydrogen (secondary N) is 2. The molecule has 0 atom stereocenters. The summed E-state index contributed by atoms with van der Waals surface area (Å²) < 4.78 is 19.3. The molecule has 0 aliphatic carbocycles. The lowest BCUT2D eigenvalue weighted by atomic mass is 9.80. The number of amides is 2. The van der Waals surface area contributed by atoms with Gasteiger partial charge in [0.05, 0.1) is 5.02 Å². The molecule has 0 radical (unpaired) electrons. The molecule has 0 fully saturated rings. The van der Waals surface area contributed by atoms with Crippen LogP contribution in [0.4, 0.5) is 15.8 Å². The summed E-state index contributed by atoms with van der Waals surface area (Å²) in [5, 5.41) is 5.34. The van der Waals surface area contributed by atoms with Gasteiger partial charge >= 0.3 is 0 Å². The Morgan fingerprint density at radius 3 is 2.19 bits per heavy atom. The van der Waals surface area contributed by atoms with Crippen molar-refractivity contribution in [2.24, 2.45) is 0 Å². The summed E-state index contributed by atoms with van der Waals surface area (Å²) in [5.41, 5.74) is 3.19. The van der Waals surface area contributed by atoms with E-state index in [4.69, 9.17) is 16.3 Å². The molecule has 0 saturated heterocycles. The van der Waals surface area contributed by atoms with E-state index in [1.165, 1.54) is 23.8 Å². The second-order valence-electron chi connectivity index (χ2n) is 10.7. The van der Waals surface area contributed by atoms with Crippen molar-refractivity contribution in [3.05, 3.63) is 88.2 Å². The van der Waals surface area contributed by atoms with Gasteiger partial charge in [0, 0.05) is 16.9 Å². The zero-order valence-electron chi connectivity index (χ0n) is 21.5. The summed E-state index contributed by atoms with van der Waals surface area (Å²) in [4.78, 5) is 25.2. The van der Waals surface area contributed by atoms with Crippen molar-refractivity contribution in [1.82, 2.24) is 0 Å². The zero-order valence-corrected chi connectivity index (χ0v) is 22.2. The van der Waals surface area contributed by atoms with Crippen LogP contribution in [-0.4, -0.2) is 18.4 Å². The van der Waals surface area contributed by atoms with E-state index in [-0.39, 0.29) is 28.4 Å². The number of hydrogen-bond donors (Lipinski definition) is 2. The van der Waals surface area contributed by atoms with Crippen molar-refractivity contribution >= 4 is 34.8 Å². The smallest absolute Gasteiger partial charge is 0.262 e. The van der Waals surface area contributed by atoms with Gasteiger partial charge in [-0.15, -0.1) is 0 Å². The van der Waals surface area contributed by atoms with E-state index in [0.717, 1.165) is 5.56 Å². The Bertz CT molecular complexity index is 1280. The number of hydrogen-bond acceptors (Lipinski definition) is 3. The van der Waals surface area contributed by atoms with E-state index in [9.17, 15) is 14.0 Å². The number of ether oxygens (including phenoxy) is 1. The molecule has 2 amide bonds. The fourth-order valence-electron chi connectivity index (χ4n) is 3.56. The van der Waals surface area contributed by atoms with Crippen LogP contribution in [-0.2, 0) is 15.6 Å². The van der Waals surface area contributed by atoms with Gasteiger partial charge in [0.2, 0.25) is 0 Å². The summed E-state index contributed by atoms with van der Waals surface area (Å²) >= 11 is 5.78. The minimum atomic E-state index is -0.568. The van der Waals surface area contributed by atoms with Gasteiger partial charge in [0.1, 0.15) is 11.6 Å². The Balaban J connectivity index is 1.67. The molecule has 36 heavy (non-hydrogen) atoms. The second kappa shape index (κ2) is 10.7. The molecule has 0 bridgehead atoms. The molecule has 7 heteroatoms. The maximum Gasteiger partial charge on any atom is 0.262 e. The van der Waals surface area contributed by atoms with Crippen LogP contribution in [0.3, 0.4) is 0 Å². The van der Waals surface area contributed by atoms with E-state index in [1.54, 1.807) is 24.3 Å². The van der Waals surface area contributed by atoms with Gasteiger partial charge in [0.25, 0.3) is 11.8 Å². The number of rotatable bonds is 6. The molecule has 0 saturated carbocycles. The number of benzene rings is 3. The third-order valence-corrected chi connectivity index (χ3v) is 5.89. The summed E-state index contributed by atoms with van der Waals surface area (Å²) in [5.74, 6) is -0.672. The Hall–Kier alpha value is -3.38. The second-order valence-corrected chi connectivity index (χ2v) is 11.1. The maximum absolute atomic E-state index is 13.4. The molecule has 190 valence electrons. The van der Waals surface area contributed by atoms with E-state index in [1.807, 2.05) is 12.1 Å². The van der Waals surface area contributed by atoms with Crippen LogP contribution >= 0.6 is 11.6 Å². The van der Waals surface area contributed by atoms with Gasteiger partial charge in [-0.2, -0.15) is 0 Å². The van der Waals surface area contributed by atoms with Gasteiger partial charge in [0.15, 0.2) is 6.61 Å². The van der Waals surface area contributed by atoms with Gasteiger partial charge in [-0.1, -0.05) is 71.3 Å². The van der Waals surface area contributed by atoms with E-state index in [0.29, 0.717) is 22.7 Å². The number of anilines is 2. The Kier molecular flexibility index (Phi) is 8.09. The largest absolute Gasteiger partial charge is 0.483 e. The van der Waals surface area contributed by atoms with Crippen molar-refractivity contribution in [1.29, 1.82) is 0 Å². The van der Waals surface area contributed by atoms with Crippen molar-refractivity contribution in [3.8, 4) is 5.75 Å². The third kappa shape index (κ3) is 7.08. The van der Waals surface area contributed by atoms with Gasteiger partial charge < -0.3 is 15.4 Å². The van der Waals surface area contributed by atoms with E-state index >= 15 is 0 Å². The molecule has 3 aromatic carbocycles. The molecule has 2 N–H and O–H groups in total. The van der Waals surface area contributed by atoms with Crippen molar-refractivity contribution < 1.29 is 18.7 Å². The normalized spacial score (nSPS) is 11.7. The fraction of sp³-hybridized carbons (Fsp3) is 0.310. The lowest BCUT2D eigenvalue weighted by Gasteiger charge is -2.27. The summed E-state index contributed by atoms with van der Waals surface area (Å²) in [6, 6.07) is 16.5. The maximum atomic E-state index is 13.4. The molecular weight excluding hydrogens is 479 g/mol. The average Bonchev–Trinajstić information content (AvgIpc) is 2.79. The monoisotopic (exact) mass is 510 g/mol. The molecule has 0 aromatic heterocycles. The Morgan fingerprint density at radius 2 is 1.56 bits per heavy atom. The summed E-state index contributed by atoms with van der Waals surface area (Å²) in [6.45, 7) is 12.6. The summed E-state index contributed by atoms with van der Waals surface area (Å²) in [7, 11) is 0. The predicted molar refractivity (Wildman–Crippen MR) is 144 cm³/mol. The SMILES string of the molecule is CC(C)(C)c1ccc(OCC(=O)Nc2cccc(C(=O)Nc3ccc(F)c(Cl)c3)c2)c(C(C)(C)C)c1. The predicted octanol–water partition coefficient (Wildman–Crippen LogP) is 7.34. The first-order valence-electron chi connectivity index (χ1n) is 11.7. The highest BCUT2D eigenvalue weighted by molar-refractivity contribution is 6.31.